The Balaban J connectivity index is 2.40. The molecule has 0 aromatic carbocycles. The first-order valence-electron chi connectivity index (χ1n) is 5.32. The van der Waals surface area contributed by atoms with Gasteiger partial charge in [0, 0.05) is 0 Å². The summed E-state index contributed by atoms with van der Waals surface area (Å²) in [4.78, 5) is 11.9. The molecule has 15 heavy (non-hydrogen) atoms. The molecule has 1 fully saturated rings. The number of halogens is 1. The van der Waals surface area contributed by atoms with Gasteiger partial charge in [-0.2, -0.15) is 0 Å². The van der Waals surface area contributed by atoms with E-state index in [0.29, 0.717) is 4.47 Å². The van der Waals surface area contributed by atoms with Gasteiger partial charge in [0.15, 0.2) is 0 Å². The van der Waals surface area contributed by atoms with E-state index in [1.165, 1.54) is 0 Å². The maximum absolute atomic E-state index is 11.9. The van der Waals surface area contributed by atoms with E-state index < -0.39 is 6.10 Å². The SMILES string of the molecule is CCc1[nH]n(C2CCCC2O)c(=O)c1Br. The lowest BCUT2D eigenvalue weighted by atomic mass is 10.2. The summed E-state index contributed by atoms with van der Waals surface area (Å²) in [6.45, 7) is 1.99. The molecule has 1 aliphatic rings. The van der Waals surface area contributed by atoms with Crippen LogP contribution in [-0.2, 0) is 6.42 Å². The first-order chi connectivity index (χ1) is 7.15. The van der Waals surface area contributed by atoms with Gasteiger partial charge in [0.1, 0.15) is 4.47 Å². The topological polar surface area (TPSA) is 58.0 Å². The van der Waals surface area contributed by atoms with Gasteiger partial charge < -0.3 is 5.11 Å². The lowest BCUT2D eigenvalue weighted by Crippen LogP contribution is -2.27. The summed E-state index contributed by atoms with van der Waals surface area (Å²) >= 11 is 3.28. The van der Waals surface area contributed by atoms with E-state index in [0.717, 1.165) is 31.4 Å². The van der Waals surface area contributed by atoms with E-state index in [1.54, 1.807) is 4.68 Å². The molecule has 1 aromatic rings. The maximum atomic E-state index is 11.9. The Morgan fingerprint density at radius 3 is 2.80 bits per heavy atom. The fourth-order valence-corrected chi connectivity index (χ4v) is 2.73. The van der Waals surface area contributed by atoms with Crippen molar-refractivity contribution in [2.75, 3.05) is 0 Å². The first-order valence-corrected chi connectivity index (χ1v) is 6.11. The van der Waals surface area contributed by atoms with Crippen LogP contribution >= 0.6 is 15.9 Å². The summed E-state index contributed by atoms with van der Waals surface area (Å²) in [5, 5.41) is 12.8. The third-order valence-electron chi connectivity index (χ3n) is 3.06. The van der Waals surface area contributed by atoms with Crippen LogP contribution < -0.4 is 5.56 Å². The van der Waals surface area contributed by atoms with Gasteiger partial charge in [0.25, 0.3) is 5.56 Å². The normalized spacial score (nSPS) is 26.1. The van der Waals surface area contributed by atoms with Gasteiger partial charge >= 0.3 is 0 Å². The molecule has 84 valence electrons. The van der Waals surface area contributed by atoms with Gasteiger partial charge in [0.2, 0.25) is 0 Å². The van der Waals surface area contributed by atoms with Gasteiger partial charge in [0.05, 0.1) is 17.8 Å². The summed E-state index contributed by atoms with van der Waals surface area (Å²) in [5.41, 5.74) is 0.844. The van der Waals surface area contributed by atoms with Crippen molar-refractivity contribution in [1.82, 2.24) is 9.78 Å². The number of H-pyrrole nitrogens is 1. The Hall–Kier alpha value is -0.550. The minimum Gasteiger partial charge on any atom is -0.391 e. The van der Waals surface area contributed by atoms with E-state index >= 15 is 0 Å². The molecule has 2 atom stereocenters. The molecule has 1 saturated carbocycles. The number of rotatable bonds is 2. The number of hydrogen-bond donors (Lipinski definition) is 2. The van der Waals surface area contributed by atoms with Gasteiger partial charge in [-0.05, 0) is 41.6 Å². The monoisotopic (exact) mass is 274 g/mol. The van der Waals surface area contributed by atoms with Crippen LogP contribution in [-0.4, -0.2) is 21.0 Å². The zero-order valence-corrected chi connectivity index (χ0v) is 10.2. The van der Waals surface area contributed by atoms with E-state index in [1.807, 2.05) is 6.92 Å². The highest BCUT2D eigenvalue weighted by Gasteiger charge is 2.29. The molecule has 5 heteroatoms. The summed E-state index contributed by atoms with van der Waals surface area (Å²) in [7, 11) is 0. The van der Waals surface area contributed by atoms with Crippen molar-refractivity contribution >= 4 is 15.9 Å². The quantitative estimate of drug-likeness (QED) is 0.861. The second kappa shape index (κ2) is 4.14. The summed E-state index contributed by atoms with van der Waals surface area (Å²) in [6.07, 6.45) is 3.03. The number of hydrogen-bond acceptors (Lipinski definition) is 2. The minimum atomic E-state index is -0.391. The Labute approximate surface area is 96.4 Å². The standard InChI is InChI=1S/C10H15BrN2O2/c1-2-6-9(11)10(15)13(12-6)7-4-3-5-8(7)14/h7-8,12,14H,2-5H2,1H3. The number of aromatic amines is 1. The van der Waals surface area contributed by atoms with Crippen LogP contribution in [0.25, 0.3) is 0 Å². The predicted octanol–water partition coefficient (Wildman–Crippen LogP) is 1.59. The summed E-state index contributed by atoms with van der Waals surface area (Å²) in [6, 6.07) is -0.0749. The molecular formula is C10H15BrN2O2. The van der Waals surface area contributed by atoms with Crippen molar-refractivity contribution in [1.29, 1.82) is 0 Å². The fourth-order valence-electron chi connectivity index (χ4n) is 2.17. The third-order valence-corrected chi connectivity index (χ3v) is 3.87. The fraction of sp³-hybridized carbons (Fsp3) is 0.700. The van der Waals surface area contributed by atoms with Gasteiger partial charge in [-0.25, -0.2) is 4.68 Å². The van der Waals surface area contributed by atoms with Crippen molar-refractivity contribution < 1.29 is 5.11 Å². The molecule has 1 aliphatic carbocycles. The van der Waals surface area contributed by atoms with Crippen LogP contribution in [0.1, 0.15) is 37.9 Å². The largest absolute Gasteiger partial charge is 0.391 e. The Bertz CT molecular complexity index is 410. The highest BCUT2D eigenvalue weighted by molar-refractivity contribution is 9.10. The molecule has 0 spiro atoms. The third kappa shape index (κ3) is 1.78. The second-order valence-electron chi connectivity index (χ2n) is 4.00. The Morgan fingerprint density at radius 1 is 1.60 bits per heavy atom. The van der Waals surface area contributed by atoms with Gasteiger partial charge in [-0.3, -0.25) is 9.89 Å². The van der Waals surface area contributed by atoms with Crippen LogP contribution in [0.3, 0.4) is 0 Å². The van der Waals surface area contributed by atoms with Crippen molar-refractivity contribution in [3.8, 4) is 0 Å². The van der Waals surface area contributed by atoms with Crippen molar-refractivity contribution in [3.05, 3.63) is 20.5 Å². The molecule has 0 bridgehead atoms. The molecule has 1 heterocycles. The molecule has 0 radical (unpaired) electrons. The molecule has 0 amide bonds. The number of nitrogens with one attached hydrogen (secondary N) is 1. The molecule has 0 saturated heterocycles. The van der Waals surface area contributed by atoms with Crippen LogP contribution in [0.4, 0.5) is 0 Å². The summed E-state index contributed by atoms with van der Waals surface area (Å²) in [5.74, 6) is 0. The number of aliphatic hydroxyl groups is 1. The predicted molar refractivity (Wildman–Crippen MR) is 61.0 cm³/mol. The average Bonchev–Trinajstić information content (AvgIpc) is 2.74. The second-order valence-corrected chi connectivity index (χ2v) is 4.79. The zero-order chi connectivity index (χ0) is 11.0. The minimum absolute atomic E-state index is 0.0576. The molecule has 0 aliphatic heterocycles. The Kier molecular flexibility index (Phi) is 3.02. The lowest BCUT2D eigenvalue weighted by Gasteiger charge is -2.14. The number of aryl methyl sites for hydroxylation is 1. The Morgan fingerprint density at radius 2 is 2.33 bits per heavy atom. The molecule has 2 unspecified atom stereocenters. The van der Waals surface area contributed by atoms with Gasteiger partial charge in [-0.1, -0.05) is 6.92 Å². The van der Waals surface area contributed by atoms with Crippen LogP contribution in [0.15, 0.2) is 9.27 Å². The number of aliphatic hydroxyl groups excluding tert-OH is 1. The van der Waals surface area contributed by atoms with Gasteiger partial charge in [-0.15, -0.1) is 0 Å². The smallest absolute Gasteiger partial charge is 0.281 e. The average molecular weight is 275 g/mol. The van der Waals surface area contributed by atoms with E-state index in [2.05, 4.69) is 21.0 Å². The van der Waals surface area contributed by atoms with E-state index in [-0.39, 0.29) is 11.6 Å². The van der Waals surface area contributed by atoms with Crippen LogP contribution in [0.5, 0.6) is 0 Å². The highest BCUT2D eigenvalue weighted by atomic mass is 79.9. The lowest BCUT2D eigenvalue weighted by molar-refractivity contribution is 0.128. The molecular weight excluding hydrogens is 260 g/mol. The molecule has 2 rings (SSSR count). The van der Waals surface area contributed by atoms with Crippen molar-refractivity contribution in [3.63, 3.8) is 0 Å². The zero-order valence-electron chi connectivity index (χ0n) is 8.66. The van der Waals surface area contributed by atoms with Crippen molar-refractivity contribution in [2.24, 2.45) is 0 Å². The van der Waals surface area contributed by atoms with Crippen LogP contribution in [0.2, 0.25) is 0 Å². The molecule has 2 N–H and O–H groups in total. The first kappa shape index (κ1) is 11.0. The molecule has 4 nitrogen and oxygen atoms in total. The summed E-state index contributed by atoms with van der Waals surface area (Å²) < 4.78 is 2.17. The van der Waals surface area contributed by atoms with Crippen LogP contribution in [0, 0.1) is 0 Å². The number of nitrogens with zero attached hydrogens (tertiary/aromatic N) is 1. The van der Waals surface area contributed by atoms with Crippen molar-refractivity contribution in [2.45, 2.75) is 44.8 Å². The van der Waals surface area contributed by atoms with E-state index in [4.69, 9.17) is 0 Å². The number of aromatic nitrogens is 2. The maximum Gasteiger partial charge on any atom is 0.281 e. The molecule has 1 aromatic heterocycles. The highest BCUT2D eigenvalue weighted by Crippen LogP contribution is 2.29. The van der Waals surface area contributed by atoms with E-state index in [9.17, 15) is 9.90 Å².